The van der Waals surface area contributed by atoms with E-state index in [1.54, 1.807) is 0 Å². The Balaban J connectivity index is 2.42. The summed E-state index contributed by atoms with van der Waals surface area (Å²) in [5, 5.41) is 10.1. The second-order valence-electron chi connectivity index (χ2n) is 5.69. The van der Waals surface area contributed by atoms with Crippen molar-refractivity contribution in [2.24, 2.45) is 11.8 Å². The van der Waals surface area contributed by atoms with Gasteiger partial charge in [0.1, 0.15) is 0 Å². The number of aliphatic hydroxyl groups excluding tert-OH is 1. The van der Waals surface area contributed by atoms with Crippen LogP contribution in [0.2, 0.25) is 0 Å². The Hall–Kier alpha value is -0.0800. The number of hydrogen-bond acceptors (Lipinski definition) is 2. The lowest BCUT2D eigenvalue weighted by atomic mass is 9.77. The molecule has 2 heteroatoms. The van der Waals surface area contributed by atoms with Gasteiger partial charge >= 0.3 is 0 Å². The van der Waals surface area contributed by atoms with Gasteiger partial charge in [0.2, 0.25) is 0 Å². The van der Waals surface area contributed by atoms with Gasteiger partial charge < -0.3 is 10.0 Å². The van der Waals surface area contributed by atoms with Gasteiger partial charge in [0, 0.05) is 6.54 Å². The van der Waals surface area contributed by atoms with E-state index in [1.165, 1.54) is 38.6 Å². The number of rotatable bonds is 7. The van der Waals surface area contributed by atoms with Crippen molar-refractivity contribution in [1.29, 1.82) is 0 Å². The zero-order chi connectivity index (χ0) is 12.7. The van der Waals surface area contributed by atoms with E-state index in [-0.39, 0.29) is 6.10 Å². The quantitative estimate of drug-likeness (QED) is 0.739. The van der Waals surface area contributed by atoms with Gasteiger partial charge in [0.15, 0.2) is 0 Å². The van der Waals surface area contributed by atoms with Crippen molar-refractivity contribution in [2.45, 2.75) is 65.4 Å². The van der Waals surface area contributed by atoms with Gasteiger partial charge in [-0.1, -0.05) is 33.6 Å². The molecule has 1 rings (SSSR count). The second-order valence-corrected chi connectivity index (χ2v) is 5.69. The molecule has 0 amide bonds. The minimum Gasteiger partial charge on any atom is -0.393 e. The monoisotopic (exact) mass is 241 g/mol. The summed E-state index contributed by atoms with van der Waals surface area (Å²) in [6.45, 7) is 10.1. The third-order valence-corrected chi connectivity index (χ3v) is 4.23. The van der Waals surface area contributed by atoms with Crippen LogP contribution in [-0.4, -0.2) is 35.7 Å². The maximum Gasteiger partial charge on any atom is 0.0580 e. The van der Waals surface area contributed by atoms with Crippen molar-refractivity contribution < 1.29 is 5.11 Å². The molecule has 3 unspecified atom stereocenters. The maximum absolute atomic E-state index is 10.1. The van der Waals surface area contributed by atoms with Crippen molar-refractivity contribution in [3.05, 3.63) is 0 Å². The van der Waals surface area contributed by atoms with Gasteiger partial charge in [0.25, 0.3) is 0 Å². The van der Waals surface area contributed by atoms with Crippen LogP contribution in [-0.2, 0) is 0 Å². The van der Waals surface area contributed by atoms with Crippen LogP contribution in [0, 0.1) is 11.8 Å². The summed E-state index contributed by atoms with van der Waals surface area (Å²) in [6.07, 6.45) is 7.33. The third-order valence-electron chi connectivity index (χ3n) is 4.23. The summed E-state index contributed by atoms with van der Waals surface area (Å²) < 4.78 is 0. The highest BCUT2D eigenvalue weighted by Gasteiger charge is 2.29. The highest BCUT2D eigenvalue weighted by Crippen LogP contribution is 2.32. The Morgan fingerprint density at radius 3 is 2.47 bits per heavy atom. The number of nitrogens with zero attached hydrogens (tertiary/aromatic N) is 1. The molecule has 0 spiro atoms. The molecule has 1 fully saturated rings. The molecule has 0 aliphatic heterocycles. The van der Waals surface area contributed by atoms with Crippen LogP contribution in [0.25, 0.3) is 0 Å². The first kappa shape index (κ1) is 15.0. The van der Waals surface area contributed by atoms with E-state index in [0.29, 0.717) is 5.92 Å². The molecule has 0 aromatic carbocycles. The van der Waals surface area contributed by atoms with E-state index >= 15 is 0 Å². The summed E-state index contributed by atoms with van der Waals surface area (Å²) in [4.78, 5) is 2.50. The van der Waals surface area contributed by atoms with E-state index < -0.39 is 0 Å². The van der Waals surface area contributed by atoms with Gasteiger partial charge in [0.05, 0.1) is 6.10 Å². The predicted molar refractivity (Wildman–Crippen MR) is 74.2 cm³/mol. The first-order chi connectivity index (χ1) is 8.21. The Kier molecular flexibility index (Phi) is 7.14. The Morgan fingerprint density at radius 1 is 1.12 bits per heavy atom. The Labute approximate surface area is 107 Å². The molecule has 1 aliphatic carbocycles. The van der Waals surface area contributed by atoms with Crippen molar-refractivity contribution in [2.75, 3.05) is 19.6 Å². The van der Waals surface area contributed by atoms with E-state index in [9.17, 15) is 5.11 Å². The molecule has 0 aromatic rings. The Morgan fingerprint density at radius 2 is 1.88 bits per heavy atom. The molecule has 0 bridgehead atoms. The minimum absolute atomic E-state index is 0.0472. The van der Waals surface area contributed by atoms with E-state index in [2.05, 4.69) is 25.7 Å². The van der Waals surface area contributed by atoms with Gasteiger partial charge in [-0.2, -0.15) is 0 Å². The molecule has 1 aliphatic rings. The fourth-order valence-corrected chi connectivity index (χ4v) is 3.24. The molecular weight excluding hydrogens is 210 g/mol. The topological polar surface area (TPSA) is 23.5 Å². The summed E-state index contributed by atoms with van der Waals surface area (Å²) in [7, 11) is 0. The highest BCUT2D eigenvalue weighted by molar-refractivity contribution is 4.81. The van der Waals surface area contributed by atoms with E-state index in [4.69, 9.17) is 0 Å². The molecule has 2 nitrogen and oxygen atoms in total. The molecule has 1 saturated carbocycles. The molecular formula is C15H31NO. The van der Waals surface area contributed by atoms with Gasteiger partial charge in [-0.15, -0.1) is 0 Å². The zero-order valence-electron chi connectivity index (χ0n) is 12.0. The minimum atomic E-state index is -0.0472. The van der Waals surface area contributed by atoms with Gasteiger partial charge in [-0.3, -0.25) is 0 Å². The molecule has 3 atom stereocenters. The van der Waals surface area contributed by atoms with Crippen LogP contribution in [0.15, 0.2) is 0 Å². The molecule has 0 radical (unpaired) electrons. The fraction of sp³-hybridized carbons (Fsp3) is 1.00. The average Bonchev–Trinajstić information content (AvgIpc) is 2.33. The van der Waals surface area contributed by atoms with Gasteiger partial charge in [-0.25, -0.2) is 0 Å². The molecule has 102 valence electrons. The lowest BCUT2D eigenvalue weighted by molar-refractivity contribution is 0.0266. The summed E-state index contributed by atoms with van der Waals surface area (Å²) in [5.41, 5.74) is 0. The lowest BCUT2D eigenvalue weighted by Crippen LogP contribution is -2.39. The normalized spacial score (nSPS) is 29.8. The van der Waals surface area contributed by atoms with Crippen LogP contribution in [0.5, 0.6) is 0 Å². The number of hydrogen-bond donors (Lipinski definition) is 1. The average molecular weight is 241 g/mol. The van der Waals surface area contributed by atoms with Crippen LogP contribution in [0.4, 0.5) is 0 Å². The maximum atomic E-state index is 10.1. The third kappa shape index (κ3) is 4.97. The first-order valence-corrected chi connectivity index (χ1v) is 7.61. The molecule has 0 heterocycles. The first-order valence-electron chi connectivity index (χ1n) is 7.61. The summed E-state index contributed by atoms with van der Waals surface area (Å²) >= 11 is 0. The summed E-state index contributed by atoms with van der Waals surface area (Å²) in [5.74, 6) is 1.39. The van der Waals surface area contributed by atoms with Crippen LogP contribution >= 0.6 is 0 Å². The molecule has 17 heavy (non-hydrogen) atoms. The van der Waals surface area contributed by atoms with Crippen molar-refractivity contribution >= 4 is 0 Å². The number of aliphatic hydroxyl groups is 1. The molecule has 1 N–H and O–H groups in total. The SMILES string of the molecule is CCCC1CCC(O)C(CN(CC)CCC)C1. The largest absolute Gasteiger partial charge is 0.393 e. The summed E-state index contributed by atoms with van der Waals surface area (Å²) in [6, 6.07) is 0. The smallest absolute Gasteiger partial charge is 0.0580 e. The van der Waals surface area contributed by atoms with Crippen LogP contribution in [0.3, 0.4) is 0 Å². The van der Waals surface area contributed by atoms with E-state index in [0.717, 1.165) is 25.4 Å². The van der Waals surface area contributed by atoms with Crippen molar-refractivity contribution in [3.8, 4) is 0 Å². The highest BCUT2D eigenvalue weighted by atomic mass is 16.3. The standard InChI is InChI=1S/C15H31NO/c1-4-7-13-8-9-15(17)14(11-13)12-16(6-3)10-5-2/h13-15,17H,4-12H2,1-3H3. The fourth-order valence-electron chi connectivity index (χ4n) is 3.24. The second kappa shape index (κ2) is 8.10. The van der Waals surface area contributed by atoms with Crippen molar-refractivity contribution in [3.63, 3.8) is 0 Å². The molecule has 0 aromatic heterocycles. The lowest BCUT2D eigenvalue weighted by Gasteiger charge is -2.36. The van der Waals surface area contributed by atoms with Crippen LogP contribution < -0.4 is 0 Å². The van der Waals surface area contributed by atoms with E-state index in [1.807, 2.05) is 0 Å². The predicted octanol–water partition coefficient (Wildman–Crippen LogP) is 3.30. The van der Waals surface area contributed by atoms with Gasteiger partial charge in [-0.05, 0) is 50.6 Å². The van der Waals surface area contributed by atoms with Crippen LogP contribution in [0.1, 0.15) is 59.3 Å². The Bertz CT molecular complexity index is 195. The zero-order valence-corrected chi connectivity index (χ0v) is 12.0. The molecule has 0 saturated heterocycles. The van der Waals surface area contributed by atoms with Crippen molar-refractivity contribution in [1.82, 2.24) is 4.90 Å².